The van der Waals surface area contributed by atoms with Crippen LogP contribution >= 0.6 is 0 Å². The van der Waals surface area contributed by atoms with Crippen molar-refractivity contribution in [1.29, 1.82) is 5.26 Å². The lowest BCUT2D eigenvalue weighted by Gasteiger charge is -2.34. The lowest BCUT2D eigenvalue weighted by atomic mass is 9.85. The Bertz CT molecular complexity index is 1070. The van der Waals surface area contributed by atoms with Crippen LogP contribution in [0, 0.1) is 16.7 Å². The number of rotatable bonds is 8. The van der Waals surface area contributed by atoms with Crippen molar-refractivity contribution in [3.8, 4) is 6.07 Å². The number of hydrogen-bond acceptors (Lipinski definition) is 7. The molecule has 2 amide bonds. The van der Waals surface area contributed by atoms with Crippen LogP contribution in [0.1, 0.15) is 69.9 Å². The van der Waals surface area contributed by atoms with E-state index in [0.717, 1.165) is 18.5 Å². The van der Waals surface area contributed by atoms with Crippen LogP contribution in [0.25, 0.3) is 0 Å². The third-order valence-electron chi connectivity index (χ3n) is 6.40. The van der Waals surface area contributed by atoms with Crippen molar-refractivity contribution in [3.05, 3.63) is 30.1 Å². The molecule has 0 unspecified atom stereocenters. The van der Waals surface area contributed by atoms with Gasteiger partial charge in [-0.15, -0.1) is 5.10 Å². The Balaban J connectivity index is 1.41. The molecular formula is C23H32N8O3. The van der Waals surface area contributed by atoms with Crippen molar-refractivity contribution in [1.82, 2.24) is 34.8 Å². The van der Waals surface area contributed by atoms with E-state index in [2.05, 4.69) is 20.6 Å². The zero-order valence-corrected chi connectivity index (χ0v) is 19.9. The summed E-state index contributed by atoms with van der Waals surface area (Å²) in [5.74, 6) is 0.214. The number of imidazole rings is 1. The van der Waals surface area contributed by atoms with Crippen LogP contribution in [0.5, 0.6) is 0 Å². The average Bonchev–Trinajstić information content (AvgIpc) is 3.17. The first-order chi connectivity index (χ1) is 16.2. The highest BCUT2D eigenvalue weighted by Gasteiger charge is 2.45. The Kier molecular flexibility index (Phi) is 6.70. The van der Waals surface area contributed by atoms with E-state index in [1.165, 1.54) is 4.90 Å². The van der Waals surface area contributed by atoms with E-state index in [-0.39, 0.29) is 24.8 Å². The maximum atomic E-state index is 13.7. The van der Waals surface area contributed by atoms with Gasteiger partial charge in [0, 0.05) is 50.6 Å². The molecule has 34 heavy (non-hydrogen) atoms. The molecule has 11 heteroatoms. The number of hydrogen-bond donors (Lipinski definition) is 2. The lowest BCUT2D eigenvalue weighted by Crippen LogP contribution is -2.50. The molecule has 2 N–H and O–H groups in total. The molecule has 3 atom stereocenters. The van der Waals surface area contributed by atoms with E-state index in [1.807, 2.05) is 33.0 Å². The quantitative estimate of drug-likeness (QED) is 0.550. The molecule has 1 saturated carbocycles. The molecule has 2 fully saturated rings. The first-order valence-corrected chi connectivity index (χ1v) is 11.8. The van der Waals surface area contributed by atoms with Gasteiger partial charge in [0.25, 0.3) is 0 Å². The summed E-state index contributed by atoms with van der Waals surface area (Å²) in [6.07, 6.45) is 7.35. The Morgan fingerprint density at radius 3 is 2.79 bits per heavy atom. The number of aryl methyl sites for hydroxylation is 1. The molecule has 0 radical (unpaired) electrons. The molecule has 2 aromatic rings. The Morgan fingerprint density at radius 2 is 2.12 bits per heavy atom. The van der Waals surface area contributed by atoms with Gasteiger partial charge in [-0.3, -0.25) is 9.59 Å². The minimum atomic E-state index is -0.762. The Labute approximate surface area is 198 Å². The van der Waals surface area contributed by atoms with E-state index < -0.39 is 23.6 Å². The van der Waals surface area contributed by atoms with Gasteiger partial charge in [0.05, 0.1) is 11.8 Å². The molecule has 2 aromatic heterocycles. The summed E-state index contributed by atoms with van der Waals surface area (Å²) < 4.78 is 3.34. The van der Waals surface area contributed by atoms with Gasteiger partial charge in [-0.05, 0) is 24.7 Å². The standard InChI is InChI=1S/C23H32N8O3/c1-23(2,3)20(31-14-17(27-28-31)15-5-6-15)22(34)30-13-16(32)11-18(30)21(33)26-7-4-9-29-10-8-25-19(29)12-24/h8,10,14-16,18,20,32H,4-7,9,11,13H2,1-3H3,(H,26,33)/t16-,18+,20-/m1/s1. The molecule has 1 aliphatic carbocycles. The summed E-state index contributed by atoms with van der Waals surface area (Å²) >= 11 is 0. The Morgan fingerprint density at radius 1 is 1.35 bits per heavy atom. The second-order valence-corrected chi connectivity index (χ2v) is 10.3. The molecule has 1 aliphatic heterocycles. The van der Waals surface area contributed by atoms with Crippen molar-refractivity contribution in [2.45, 2.75) is 77.1 Å². The van der Waals surface area contributed by atoms with Gasteiger partial charge in [-0.2, -0.15) is 5.26 Å². The van der Waals surface area contributed by atoms with Crippen LogP contribution < -0.4 is 5.32 Å². The van der Waals surface area contributed by atoms with Gasteiger partial charge >= 0.3 is 0 Å². The predicted molar refractivity (Wildman–Crippen MR) is 121 cm³/mol. The largest absolute Gasteiger partial charge is 0.391 e. The third-order valence-corrected chi connectivity index (χ3v) is 6.40. The number of nitriles is 1. The number of carbonyl (C=O) groups is 2. The van der Waals surface area contributed by atoms with Crippen LogP contribution in [0.3, 0.4) is 0 Å². The number of aromatic nitrogens is 5. The minimum Gasteiger partial charge on any atom is -0.391 e. The number of aliphatic hydroxyl groups is 1. The van der Waals surface area contributed by atoms with Gasteiger partial charge in [0.1, 0.15) is 18.2 Å². The summed E-state index contributed by atoms with van der Waals surface area (Å²) in [5, 5.41) is 30.7. The fourth-order valence-electron chi connectivity index (χ4n) is 4.51. The van der Waals surface area contributed by atoms with Gasteiger partial charge in [0.15, 0.2) is 0 Å². The molecule has 0 bridgehead atoms. The summed E-state index contributed by atoms with van der Waals surface area (Å²) in [5.41, 5.74) is 0.430. The van der Waals surface area contributed by atoms with E-state index in [9.17, 15) is 14.7 Å². The van der Waals surface area contributed by atoms with Crippen LogP contribution in [0.15, 0.2) is 18.6 Å². The highest BCUT2D eigenvalue weighted by atomic mass is 16.3. The fourth-order valence-corrected chi connectivity index (χ4v) is 4.51. The number of nitrogens with zero attached hydrogens (tertiary/aromatic N) is 7. The third kappa shape index (κ3) is 5.12. The molecule has 0 aromatic carbocycles. The summed E-state index contributed by atoms with van der Waals surface area (Å²) in [4.78, 5) is 32.1. The average molecular weight is 469 g/mol. The number of β-amino-alcohol motifs (C(OH)–C–C–N with tert-alkyl or cyclic N) is 1. The molecule has 11 nitrogen and oxygen atoms in total. The van der Waals surface area contributed by atoms with Crippen molar-refractivity contribution >= 4 is 11.8 Å². The zero-order chi connectivity index (χ0) is 24.5. The lowest BCUT2D eigenvalue weighted by molar-refractivity contribution is -0.144. The van der Waals surface area contributed by atoms with Crippen LogP contribution in [-0.4, -0.2) is 71.6 Å². The highest BCUT2D eigenvalue weighted by Crippen LogP contribution is 2.40. The van der Waals surface area contributed by atoms with E-state index in [0.29, 0.717) is 31.3 Å². The number of amides is 2. The predicted octanol–water partition coefficient (Wildman–Crippen LogP) is 0.979. The number of carbonyl (C=O) groups excluding carboxylic acids is 2. The second-order valence-electron chi connectivity index (χ2n) is 10.3. The van der Waals surface area contributed by atoms with Crippen molar-refractivity contribution in [2.24, 2.45) is 5.41 Å². The van der Waals surface area contributed by atoms with E-state index >= 15 is 0 Å². The maximum Gasteiger partial charge on any atom is 0.248 e. The minimum absolute atomic E-state index is 0.105. The number of nitrogens with one attached hydrogen (secondary N) is 1. The smallest absolute Gasteiger partial charge is 0.248 e. The highest BCUT2D eigenvalue weighted by molar-refractivity contribution is 5.90. The Hall–Kier alpha value is -3.26. The van der Waals surface area contributed by atoms with Gasteiger partial charge in [-0.1, -0.05) is 26.0 Å². The molecule has 4 rings (SSSR count). The molecule has 3 heterocycles. The first-order valence-electron chi connectivity index (χ1n) is 11.8. The van der Waals surface area contributed by atoms with Gasteiger partial charge < -0.3 is 19.9 Å². The van der Waals surface area contributed by atoms with Crippen molar-refractivity contribution in [2.75, 3.05) is 13.1 Å². The summed E-state index contributed by atoms with van der Waals surface area (Å²) in [6, 6.07) is 0.633. The molecule has 0 spiro atoms. The second kappa shape index (κ2) is 9.54. The maximum absolute atomic E-state index is 13.7. The number of aliphatic hydroxyl groups excluding tert-OH is 1. The van der Waals surface area contributed by atoms with E-state index in [4.69, 9.17) is 5.26 Å². The monoisotopic (exact) mass is 468 g/mol. The van der Waals surface area contributed by atoms with Gasteiger partial charge in [-0.25, -0.2) is 9.67 Å². The van der Waals surface area contributed by atoms with Crippen molar-refractivity contribution < 1.29 is 14.7 Å². The normalized spacial score (nSPS) is 21.3. The SMILES string of the molecule is CC(C)(C)[C@@H](C(=O)N1C[C@H](O)C[C@H]1C(=O)NCCCn1ccnc1C#N)n1cc(C2CC2)nn1. The van der Waals surface area contributed by atoms with Crippen LogP contribution in [0.2, 0.25) is 0 Å². The molecule has 1 saturated heterocycles. The fraction of sp³-hybridized carbons (Fsp3) is 0.652. The summed E-state index contributed by atoms with van der Waals surface area (Å²) in [6.45, 7) is 6.91. The molecular weight excluding hydrogens is 436 g/mol. The van der Waals surface area contributed by atoms with E-state index in [1.54, 1.807) is 21.6 Å². The van der Waals surface area contributed by atoms with Crippen LogP contribution in [0.4, 0.5) is 0 Å². The molecule has 182 valence electrons. The first kappa shape index (κ1) is 23.9. The van der Waals surface area contributed by atoms with Gasteiger partial charge in [0.2, 0.25) is 17.6 Å². The topological polar surface area (TPSA) is 142 Å². The van der Waals surface area contributed by atoms with Crippen LogP contribution in [-0.2, 0) is 16.1 Å². The zero-order valence-electron chi connectivity index (χ0n) is 19.9. The van der Waals surface area contributed by atoms with Crippen molar-refractivity contribution in [3.63, 3.8) is 0 Å². The summed E-state index contributed by atoms with van der Waals surface area (Å²) in [7, 11) is 0. The molecule has 2 aliphatic rings. The number of likely N-dealkylation sites (tertiary alicyclic amines) is 1.